The maximum absolute atomic E-state index is 14.2. The van der Waals surface area contributed by atoms with Crippen LogP contribution in [-0.4, -0.2) is 64.6 Å². The van der Waals surface area contributed by atoms with Gasteiger partial charge in [-0.1, -0.05) is 42.8 Å². The number of alkyl halides is 3. The summed E-state index contributed by atoms with van der Waals surface area (Å²) in [5.74, 6) is 0.155. The summed E-state index contributed by atoms with van der Waals surface area (Å²) >= 11 is 6.73. The average molecular weight is 645 g/mol. The number of hydrogen-bond acceptors (Lipinski definition) is 8. The third kappa shape index (κ3) is 8.24. The summed E-state index contributed by atoms with van der Waals surface area (Å²) in [5, 5.41) is 23.5. The Kier molecular flexibility index (Phi) is 11.3. The van der Waals surface area contributed by atoms with E-state index in [2.05, 4.69) is 25.3 Å². The predicted molar refractivity (Wildman–Crippen MR) is 170 cm³/mol. The van der Waals surface area contributed by atoms with E-state index in [1.807, 2.05) is 6.92 Å². The largest absolute Gasteiger partial charge is 0.412 e. The Hall–Kier alpha value is -3.87. The van der Waals surface area contributed by atoms with Gasteiger partial charge in [0.05, 0.1) is 31.0 Å². The summed E-state index contributed by atoms with van der Waals surface area (Å²) < 4.78 is 43.0. The van der Waals surface area contributed by atoms with Crippen LogP contribution < -0.4 is 21.6 Å². The van der Waals surface area contributed by atoms with Crippen molar-refractivity contribution in [2.45, 2.75) is 65.3 Å². The second-order valence-corrected chi connectivity index (χ2v) is 11.1. The van der Waals surface area contributed by atoms with E-state index < -0.39 is 23.9 Å². The number of aliphatic imine (C=N–C) groups is 3. The Bertz CT molecular complexity index is 1870. The molecular formula is C32H36ClF3N6O3. The smallest absolute Gasteiger partial charge is 0.396 e. The number of nitrogens with zero attached hydrogens (tertiary/aromatic N) is 5. The second-order valence-electron chi connectivity index (χ2n) is 10.7. The van der Waals surface area contributed by atoms with E-state index >= 15 is 0 Å². The first-order valence-electron chi connectivity index (χ1n) is 14.6. The standard InChI is InChI=1S/C32H36ClF3N6O3/c1-4-5-6-22(20(3)32(34,35)36)18-42-29-23(16-38-31(41-29)40-24(9-11-43)10-12-44)13-26(30(42)45)25-8-7-21(14-27(25)33)28-17-37-15-19(2)39-28/h5-8,13-15,24,43-44H,4,9-12,16-18H2,1-3H3,(H,38,40)/b6-5-,22-20-,26-25?,28-21?. The molecule has 3 N–H and O–H groups in total. The molecule has 240 valence electrons. The lowest BCUT2D eigenvalue weighted by Gasteiger charge is -2.20. The molecule has 3 heterocycles. The molecule has 0 bridgehead atoms. The zero-order valence-corrected chi connectivity index (χ0v) is 26.1. The Morgan fingerprint density at radius 1 is 1.13 bits per heavy atom. The lowest BCUT2D eigenvalue weighted by Crippen LogP contribution is -2.43. The molecule has 4 rings (SSSR count). The fraction of sp³-hybridized carbons (Fsp3) is 0.406. The van der Waals surface area contributed by atoms with E-state index in [-0.39, 0.29) is 53.1 Å². The van der Waals surface area contributed by atoms with Crippen molar-refractivity contribution in [3.05, 3.63) is 89.6 Å². The van der Waals surface area contributed by atoms with Crippen molar-refractivity contribution >= 4 is 35.2 Å². The SMILES string of the molecule is CC/C=C\C(Cn1c2c(cc(=c3ccc(=C4CN=CC(C)=N4)cc3Cl)c1=O)CN=C(NC(CCO)CCO)N=2)=C(/C)C(F)(F)F. The minimum Gasteiger partial charge on any atom is -0.396 e. The summed E-state index contributed by atoms with van der Waals surface area (Å²) in [6, 6.07) is 6.45. The molecule has 0 fully saturated rings. The molecule has 0 saturated carbocycles. The van der Waals surface area contributed by atoms with Crippen molar-refractivity contribution in [3.63, 3.8) is 0 Å². The molecule has 0 atom stereocenters. The van der Waals surface area contributed by atoms with Crippen LogP contribution in [0, 0.1) is 10.4 Å². The van der Waals surface area contributed by atoms with Gasteiger partial charge in [0.1, 0.15) is 5.49 Å². The zero-order chi connectivity index (χ0) is 32.7. The molecule has 0 radical (unpaired) electrons. The number of pyridine rings is 1. The molecule has 0 aliphatic carbocycles. The van der Waals surface area contributed by atoms with E-state index in [1.165, 1.54) is 10.6 Å². The van der Waals surface area contributed by atoms with Crippen LogP contribution in [0.15, 0.2) is 72.3 Å². The highest BCUT2D eigenvalue weighted by Gasteiger charge is 2.32. The van der Waals surface area contributed by atoms with Crippen molar-refractivity contribution in [1.82, 2.24) is 9.88 Å². The maximum atomic E-state index is 14.2. The number of fused-ring (bicyclic) bond motifs is 1. The minimum absolute atomic E-state index is 0.0830. The van der Waals surface area contributed by atoms with Crippen molar-refractivity contribution in [1.29, 1.82) is 0 Å². The van der Waals surface area contributed by atoms with Crippen LogP contribution in [0.3, 0.4) is 0 Å². The lowest BCUT2D eigenvalue weighted by molar-refractivity contribution is -0.0921. The van der Waals surface area contributed by atoms with Gasteiger partial charge in [0, 0.05) is 52.1 Å². The molecule has 2 aromatic rings. The highest BCUT2D eigenvalue weighted by atomic mass is 35.5. The van der Waals surface area contributed by atoms with Gasteiger partial charge in [0.25, 0.3) is 5.56 Å². The minimum atomic E-state index is -4.61. The number of nitrogens with one attached hydrogen (secondary N) is 1. The predicted octanol–water partition coefficient (Wildman–Crippen LogP) is 3.50. The second kappa shape index (κ2) is 14.9. The molecule has 9 nitrogen and oxygen atoms in total. The van der Waals surface area contributed by atoms with Gasteiger partial charge in [-0.05, 0) is 56.0 Å². The molecular weight excluding hydrogens is 609 g/mol. The molecule has 0 saturated heterocycles. The number of guanidine groups is 1. The summed E-state index contributed by atoms with van der Waals surface area (Å²) in [5.41, 5.74) is 0.686. The third-order valence-electron chi connectivity index (χ3n) is 7.45. The number of rotatable bonds is 9. The quantitative estimate of drug-likeness (QED) is 0.362. The number of aliphatic hydroxyl groups excluding tert-OH is 2. The molecule has 13 heteroatoms. The van der Waals surface area contributed by atoms with Gasteiger partial charge in [-0.15, -0.1) is 0 Å². The monoisotopic (exact) mass is 644 g/mol. The van der Waals surface area contributed by atoms with Crippen LogP contribution in [0.2, 0.25) is 5.02 Å². The normalized spacial score (nSPS) is 17.6. The van der Waals surface area contributed by atoms with Crippen molar-refractivity contribution in [3.8, 4) is 0 Å². The van der Waals surface area contributed by atoms with E-state index in [1.54, 1.807) is 43.5 Å². The van der Waals surface area contributed by atoms with E-state index in [0.717, 1.165) is 23.6 Å². The van der Waals surface area contributed by atoms with Crippen molar-refractivity contribution in [2.75, 3.05) is 19.8 Å². The Morgan fingerprint density at radius 2 is 1.87 bits per heavy atom. The topological polar surface area (TPSA) is 124 Å². The first kappa shape index (κ1) is 34.0. The maximum Gasteiger partial charge on any atom is 0.412 e. The van der Waals surface area contributed by atoms with Crippen LogP contribution in [0.4, 0.5) is 13.2 Å². The lowest BCUT2D eigenvalue weighted by atomic mass is 10.1. The highest BCUT2D eigenvalue weighted by Crippen LogP contribution is 2.29. The number of aliphatic hydroxyl groups is 2. The fourth-order valence-electron chi connectivity index (χ4n) is 4.98. The van der Waals surface area contributed by atoms with Gasteiger partial charge in [-0.3, -0.25) is 19.3 Å². The van der Waals surface area contributed by atoms with Crippen molar-refractivity contribution < 1.29 is 23.4 Å². The molecule has 2 aliphatic rings. The highest BCUT2D eigenvalue weighted by molar-refractivity contribution is 6.31. The molecule has 1 aromatic carbocycles. The van der Waals surface area contributed by atoms with Gasteiger partial charge in [0.15, 0.2) is 0 Å². The van der Waals surface area contributed by atoms with Gasteiger partial charge in [0.2, 0.25) is 5.96 Å². The fourth-order valence-corrected chi connectivity index (χ4v) is 5.26. The van der Waals surface area contributed by atoms with Gasteiger partial charge < -0.3 is 15.5 Å². The molecule has 1 aromatic heterocycles. The Labute approximate surface area is 262 Å². The third-order valence-corrected chi connectivity index (χ3v) is 7.76. The van der Waals surface area contributed by atoms with Crippen molar-refractivity contribution in [2.24, 2.45) is 20.0 Å². The van der Waals surface area contributed by atoms with Crippen LogP contribution in [-0.2, 0) is 13.1 Å². The van der Waals surface area contributed by atoms with Gasteiger partial charge in [-0.25, -0.2) is 4.99 Å². The number of hydrogen-bond donors (Lipinski definition) is 3. The molecule has 0 spiro atoms. The van der Waals surface area contributed by atoms with Gasteiger partial charge >= 0.3 is 6.18 Å². The van der Waals surface area contributed by atoms with Crippen LogP contribution >= 0.6 is 11.6 Å². The molecule has 0 amide bonds. The summed E-state index contributed by atoms with van der Waals surface area (Å²) in [4.78, 5) is 32.0. The number of aromatic nitrogens is 1. The van der Waals surface area contributed by atoms with E-state index in [4.69, 9.17) is 11.6 Å². The zero-order valence-electron chi connectivity index (χ0n) is 25.3. The Balaban J connectivity index is 2.00. The van der Waals surface area contributed by atoms with E-state index in [9.17, 15) is 28.2 Å². The number of halogens is 4. The van der Waals surface area contributed by atoms with Crippen LogP contribution in [0.25, 0.3) is 5.70 Å². The first-order valence-corrected chi connectivity index (χ1v) is 15.0. The summed E-state index contributed by atoms with van der Waals surface area (Å²) in [6.45, 7) is 4.42. The average Bonchev–Trinajstić information content (AvgIpc) is 3.00. The van der Waals surface area contributed by atoms with E-state index in [0.29, 0.717) is 36.6 Å². The first-order chi connectivity index (χ1) is 21.5. The summed E-state index contributed by atoms with van der Waals surface area (Å²) in [7, 11) is 0. The number of benzene rings is 1. The van der Waals surface area contributed by atoms with Crippen LogP contribution in [0.1, 0.15) is 45.6 Å². The van der Waals surface area contributed by atoms with Gasteiger partial charge in [-0.2, -0.15) is 18.2 Å². The van der Waals surface area contributed by atoms with Crippen LogP contribution in [0.5, 0.6) is 0 Å². The molecule has 0 unspecified atom stereocenters. The number of allylic oxidation sites excluding steroid dienone is 4. The molecule has 2 aliphatic heterocycles. The summed E-state index contributed by atoms with van der Waals surface area (Å²) in [6.07, 6.45) is 1.20. The Morgan fingerprint density at radius 3 is 2.49 bits per heavy atom. The molecule has 45 heavy (non-hydrogen) atoms.